The largest absolute Gasteiger partial charge is 0.481 e. The summed E-state index contributed by atoms with van der Waals surface area (Å²) in [7, 11) is 0. The van der Waals surface area contributed by atoms with Gasteiger partial charge < -0.3 is 15.2 Å². The number of H-pyrrole nitrogens is 1. The molecule has 0 radical (unpaired) electrons. The molecule has 0 bridgehead atoms. The number of carbonyl (C=O) groups is 2. The molecule has 0 aliphatic rings. The highest BCUT2D eigenvalue weighted by Crippen LogP contribution is 2.23. The van der Waals surface area contributed by atoms with Crippen molar-refractivity contribution in [3.05, 3.63) is 113 Å². The van der Waals surface area contributed by atoms with Gasteiger partial charge in [-0.1, -0.05) is 36.4 Å². The molecule has 4 aromatic rings. The number of guanidine groups is 1. The number of aromatic nitrogens is 2. The number of hydrogen-bond acceptors (Lipinski definition) is 6. The smallest absolute Gasteiger partial charge is 0.312 e. The number of ether oxygens (including phenoxy) is 1. The van der Waals surface area contributed by atoms with Gasteiger partial charge >= 0.3 is 5.97 Å². The summed E-state index contributed by atoms with van der Waals surface area (Å²) in [6.07, 6.45) is 0. The summed E-state index contributed by atoms with van der Waals surface area (Å²) in [6, 6.07) is 25.8. The number of rotatable bonds is 7. The number of benzene rings is 3. The Kier molecular flexibility index (Phi) is 7.69. The molecule has 0 fully saturated rings. The SMILES string of the molecule is CC(C(=O)O)c1cc(=O)[nH]c(/N=C(\NC(=O)c2ccccc2)Nc2ccc(Oc3ccccc3)cc2)n1. The van der Waals surface area contributed by atoms with Crippen LogP contribution in [-0.2, 0) is 4.79 Å². The Balaban J connectivity index is 1.62. The van der Waals surface area contributed by atoms with Crippen molar-refractivity contribution in [2.24, 2.45) is 4.99 Å². The van der Waals surface area contributed by atoms with E-state index in [-0.39, 0.29) is 17.6 Å². The van der Waals surface area contributed by atoms with E-state index in [0.29, 0.717) is 22.7 Å². The number of hydrogen-bond donors (Lipinski definition) is 4. The van der Waals surface area contributed by atoms with Gasteiger partial charge in [-0.2, -0.15) is 4.99 Å². The van der Waals surface area contributed by atoms with Crippen LogP contribution in [0.1, 0.15) is 28.9 Å². The molecule has 3 aromatic carbocycles. The molecule has 0 saturated carbocycles. The topological polar surface area (TPSA) is 146 Å². The first kappa shape index (κ1) is 24.9. The molecular weight excluding hydrogens is 474 g/mol. The minimum absolute atomic E-state index is 0.0335. The number of nitrogens with zero attached hydrogens (tertiary/aromatic N) is 2. The van der Waals surface area contributed by atoms with Gasteiger partial charge in [0.05, 0.1) is 11.6 Å². The second-order valence-corrected chi connectivity index (χ2v) is 7.90. The molecule has 0 aliphatic carbocycles. The van der Waals surface area contributed by atoms with Crippen molar-refractivity contribution >= 4 is 29.5 Å². The van der Waals surface area contributed by atoms with Crippen LogP contribution < -0.4 is 20.9 Å². The van der Waals surface area contributed by atoms with E-state index in [4.69, 9.17) is 4.74 Å². The van der Waals surface area contributed by atoms with Crippen LogP contribution in [-0.4, -0.2) is 32.9 Å². The molecule has 10 nitrogen and oxygen atoms in total. The van der Waals surface area contributed by atoms with Crippen LogP contribution in [0.5, 0.6) is 11.5 Å². The Labute approximate surface area is 211 Å². The number of para-hydroxylation sites is 1. The van der Waals surface area contributed by atoms with Crippen LogP contribution >= 0.6 is 0 Å². The average Bonchev–Trinajstić information content (AvgIpc) is 2.90. The molecule has 1 unspecified atom stereocenters. The fourth-order valence-electron chi connectivity index (χ4n) is 3.19. The lowest BCUT2D eigenvalue weighted by Crippen LogP contribution is -2.36. The van der Waals surface area contributed by atoms with Crippen molar-refractivity contribution in [2.75, 3.05) is 5.32 Å². The van der Waals surface area contributed by atoms with Gasteiger partial charge in [-0.25, -0.2) is 4.98 Å². The zero-order chi connectivity index (χ0) is 26.2. The highest BCUT2D eigenvalue weighted by atomic mass is 16.5. The number of anilines is 1. The molecule has 0 aliphatic heterocycles. The number of carboxylic acids is 1. The van der Waals surface area contributed by atoms with Gasteiger partial charge in [0.25, 0.3) is 11.5 Å². The van der Waals surface area contributed by atoms with Gasteiger partial charge in [0.15, 0.2) is 0 Å². The summed E-state index contributed by atoms with van der Waals surface area (Å²) in [5, 5.41) is 14.9. The van der Waals surface area contributed by atoms with Crippen LogP contribution in [0.4, 0.5) is 11.6 Å². The number of nitrogens with one attached hydrogen (secondary N) is 3. The van der Waals surface area contributed by atoms with Crippen LogP contribution in [0.2, 0.25) is 0 Å². The van der Waals surface area contributed by atoms with E-state index in [1.165, 1.54) is 6.92 Å². The van der Waals surface area contributed by atoms with E-state index in [1.54, 1.807) is 54.6 Å². The van der Waals surface area contributed by atoms with E-state index < -0.39 is 23.4 Å². The minimum atomic E-state index is -1.14. The lowest BCUT2D eigenvalue weighted by atomic mass is 10.1. The fraction of sp³-hybridized carbons (Fsp3) is 0.0741. The van der Waals surface area contributed by atoms with Crippen molar-refractivity contribution in [1.29, 1.82) is 0 Å². The highest BCUT2D eigenvalue weighted by Gasteiger charge is 2.17. The first-order valence-electron chi connectivity index (χ1n) is 11.3. The van der Waals surface area contributed by atoms with Gasteiger partial charge in [-0.3, -0.25) is 24.7 Å². The molecule has 1 amide bonds. The molecule has 1 atom stereocenters. The Hall–Kier alpha value is -5.25. The first-order chi connectivity index (χ1) is 17.9. The van der Waals surface area contributed by atoms with E-state index in [0.717, 1.165) is 6.07 Å². The van der Waals surface area contributed by atoms with Gasteiger partial charge in [0, 0.05) is 17.3 Å². The summed E-state index contributed by atoms with van der Waals surface area (Å²) in [6.45, 7) is 1.41. The van der Waals surface area contributed by atoms with Crippen LogP contribution in [0.3, 0.4) is 0 Å². The Morgan fingerprint density at radius 2 is 1.57 bits per heavy atom. The molecule has 1 aromatic heterocycles. The maximum Gasteiger partial charge on any atom is 0.312 e. The summed E-state index contributed by atoms with van der Waals surface area (Å²) >= 11 is 0. The number of aromatic amines is 1. The van der Waals surface area contributed by atoms with Crippen LogP contribution in [0, 0.1) is 0 Å². The second-order valence-electron chi connectivity index (χ2n) is 7.90. The number of carboxylic acid groups (broad SMARTS) is 1. The molecule has 37 heavy (non-hydrogen) atoms. The predicted molar refractivity (Wildman–Crippen MR) is 138 cm³/mol. The third-order valence-electron chi connectivity index (χ3n) is 5.14. The summed E-state index contributed by atoms with van der Waals surface area (Å²) < 4.78 is 5.80. The molecule has 4 N–H and O–H groups in total. The third kappa shape index (κ3) is 6.89. The average molecular weight is 498 g/mol. The molecule has 0 spiro atoms. The van der Waals surface area contributed by atoms with Crippen molar-refractivity contribution < 1.29 is 19.4 Å². The standard InChI is InChI=1S/C27H23N5O5/c1-17(25(35)36)22-16-23(33)30-27(29-22)32-26(31-24(34)18-8-4-2-5-9-18)28-19-12-14-21(15-13-19)37-20-10-6-3-7-11-20/h2-17H,1H3,(H,35,36)(H3,28,29,30,31,32,33,34). The molecule has 0 saturated heterocycles. The maximum absolute atomic E-state index is 12.8. The van der Waals surface area contributed by atoms with E-state index in [1.807, 2.05) is 30.3 Å². The summed E-state index contributed by atoms with van der Waals surface area (Å²) in [5.41, 5.74) is 0.405. The van der Waals surface area contributed by atoms with Crippen LogP contribution in [0.25, 0.3) is 0 Å². The zero-order valence-electron chi connectivity index (χ0n) is 19.7. The van der Waals surface area contributed by atoms with E-state index in [9.17, 15) is 19.5 Å². The number of amides is 1. The normalized spacial score (nSPS) is 11.9. The first-order valence-corrected chi connectivity index (χ1v) is 11.3. The van der Waals surface area contributed by atoms with Crippen molar-refractivity contribution in [2.45, 2.75) is 12.8 Å². The lowest BCUT2D eigenvalue weighted by molar-refractivity contribution is -0.138. The van der Waals surface area contributed by atoms with Crippen molar-refractivity contribution in [3.8, 4) is 11.5 Å². The summed E-state index contributed by atoms with van der Waals surface area (Å²) in [5.74, 6) is -1.53. The maximum atomic E-state index is 12.8. The van der Waals surface area contributed by atoms with E-state index in [2.05, 4.69) is 25.6 Å². The quantitative estimate of drug-likeness (QED) is 0.220. The lowest BCUT2D eigenvalue weighted by Gasteiger charge is -2.13. The third-order valence-corrected chi connectivity index (χ3v) is 5.14. The van der Waals surface area contributed by atoms with Gasteiger partial charge in [0.1, 0.15) is 11.5 Å². The fourth-order valence-corrected chi connectivity index (χ4v) is 3.19. The predicted octanol–water partition coefficient (Wildman–Crippen LogP) is 4.28. The summed E-state index contributed by atoms with van der Waals surface area (Å²) in [4.78, 5) is 47.1. The van der Waals surface area contributed by atoms with Gasteiger partial charge in [-0.05, 0) is 55.5 Å². The molecule has 1 heterocycles. The van der Waals surface area contributed by atoms with Gasteiger partial charge in [-0.15, -0.1) is 0 Å². The molecule has 4 rings (SSSR count). The monoisotopic (exact) mass is 497 g/mol. The number of aliphatic carboxylic acids is 1. The highest BCUT2D eigenvalue weighted by molar-refractivity contribution is 6.10. The number of carbonyl (C=O) groups excluding carboxylic acids is 1. The van der Waals surface area contributed by atoms with Crippen LogP contribution in [0.15, 0.2) is 101 Å². The minimum Gasteiger partial charge on any atom is -0.481 e. The van der Waals surface area contributed by atoms with E-state index >= 15 is 0 Å². The Bertz CT molecular complexity index is 1470. The van der Waals surface area contributed by atoms with Gasteiger partial charge in [0.2, 0.25) is 11.9 Å². The number of aliphatic imine (C=N–C) groups is 1. The Morgan fingerprint density at radius 3 is 2.22 bits per heavy atom. The van der Waals surface area contributed by atoms with Crippen molar-refractivity contribution in [3.63, 3.8) is 0 Å². The van der Waals surface area contributed by atoms with Crippen molar-refractivity contribution in [1.82, 2.24) is 15.3 Å². The molecular formula is C27H23N5O5. The molecule has 10 heteroatoms. The zero-order valence-corrected chi connectivity index (χ0v) is 19.7. The second kappa shape index (κ2) is 11.5. The Morgan fingerprint density at radius 1 is 0.946 bits per heavy atom. The molecule has 186 valence electrons.